The van der Waals surface area contributed by atoms with E-state index in [2.05, 4.69) is 194 Å². The minimum absolute atomic E-state index is 0.0143. The van der Waals surface area contributed by atoms with Crippen LogP contribution in [0.4, 0.5) is 5.69 Å². The number of aromatic nitrogens is 8. The normalized spacial score (nSPS) is 14.5. The predicted octanol–water partition coefficient (Wildman–Crippen LogP) is 19.9. The van der Waals surface area contributed by atoms with Gasteiger partial charge in [0, 0.05) is 156 Å². The molecule has 0 radical (unpaired) electrons. The number of fused-ring (bicyclic) bond motifs is 2. The Kier molecular flexibility index (Phi) is 35.8. The van der Waals surface area contributed by atoms with Gasteiger partial charge in [0.05, 0.1) is 88.6 Å². The van der Waals surface area contributed by atoms with Crippen molar-refractivity contribution in [3.05, 3.63) is 285 Å². The molecule has 16 rings (SSSR count). The molecule has 4 aliphatic rings. The standard InChI is InChI=1S/C21H25NO2.C18H22N2O.C17H23N3O2.C17H23N3O.C17H20N2O.C15H17NO2S/c1-15(2)19-7-10-22-20(14-19)17-3-5-18(6-4-17)21(23)13-16-8-11-24-12-9-16;1-14(2)16-7-8-19-18(13-16)15-3-5-17(6-4-15)20-9-11-21-12-10-20;1-13(2)14-3-4-16-15(11-14)17(21)20(12-18-16)6-5-19-7-9-22-10-8-19;1-13(2)14-5-6-16-15(11-14)17(21)20(12-18-16)10-9-19-7-3-4-8-19;1-12(2)15-9-10-18-16(11-15)13-5-7-14(8-6-13)17(20)19(3)4;1-11(2)13-8-9-16-15(10-13)12-4-6-14(7-5-12)19(3,17)18/h3-7,10,14-16H,8-9,11-13H2,1-2H3;3-8,13-14H,9-12H2,1-2H3;3-4,11-13H,5-10H2,1-2H3;5-6,11-13H,3-4,7-10H2,1-2H3;5-12H,1-4H3;4-11H,1-3H3. The van der Waals surface area contributed by atoms with Gasteiger partial charge >= 0.3 is 0 Å². The second-order valence-corrected chi connectivity index (χ2v) is 37.4. The summed E-state index contributed by atoms with van der Waals surface area (Å²) in [5.74, 6) is 3.47. The molecule has 670 valence electrons. The average Bonchev–Trinajstić information content (AvgIpc) is 1.27. The number of hydrogen-bond acceptors (Lipinski definition) is 18. The number of likely N-dealkylation sites (tertiary alicyclic amines) is 1. The van der Waals surface area contributed by atoms with Gasteiger partial charge in [0.1, 0.15) is 0 Å². The van der Waals surface area contributed by atoms with Gasteiger partial charge in [-0.05, 0) is 223 Å². The van der Waals surface area contributed by atoms with Crippen LogP contribution >= 0.6 is 0 Å². The molecule has 4 aliphatic heterocycles. The number of ether oxygens (including phenoxy) is 3. The summed E-state index contributed by atoms with van der Waals surface area (Å²) in [4.78, 5) is 85.1. The summed E-state index contributed by atoms with van der Waals surface area (Å²) in [7, 11) is 0.364. The number of nitrogens with zero attached hydrogens (tertiary/aromatic N) is 12. The van der Waals surface area contributed by atoms with Gasteiger partial charge in [0.25, 0.3) is 17.0 Å². The molecule has 0 saturated carbocycles. The summed E-state index contributed by atoms with van der Waals surface area (Å²) < 4.78 is 42.4. The maximum atomic E-state index is 12.7. The summed E-state index contributed by atoms with van der Waals surface area (Å²) in [6.07, 6.45) is 17.1. The van der Waals surface area contributed by atoms with Gasteiger partial charge in [-0.15, -0.1) is 0 Å². The monoisotopic (exact) mass is 1730 g/mol. The van der Waals surface area contributed by atoms with Crippen molar-refractivity contribution in [2.24, 2.45) is 5.92 Å². The van der Waals surface area contributed by atoms with Crippen molar-refractivity contribution in [2.75, 3.05) is 117 Å². The molecular weight excluding hydrogens is 1610 g/mol. The van der Waals surface area contributed by atoms with E-state index in [0.717, 1.165) is 178 Å². The van der Waals surface area contributed by atoms with Crippen molar-refractivity contribution in [2.45, 2.75) is 169 Å². The van der Waals surface area contributed by atoms with Crippen molar-refractivity contribution in [1.82, 2.24) is 53.7 Å². The highest BCUT2D eigenvalue weighted by Crippen LogP contribution is 2.31. The zero-order valence-corrected chi connectivity index (χ0v) is 77.9. The number of ketones is 1. The Labute approximate surface area is 752 Å². The molecule has 0 aliphatic carbocycles. The number of benzene rings is 6. The van der Waals surface area contributed by atoms with Gasteiger partial charge in [0.15, 0.2) is 15.6 Å². The van der Waals surface area contributed by atoms with Crippen LogP contribution in [0.2, 0.25) is 0 Å². The van der Waals surface area contributed by atoms with E-state index in [9.17, 15) is 27.6 Å². The van der Waals surface area contributed by atoms with E-state index in [0.29, 0.717) is 64.8 Å². The smallest absolute Gasteiger partial charge is 0.261 e. The fourth-order valence-corrected chi connectivity index (χ4v) is 15.9. The van der Waals surface area contributed by atoms with Crippen LogP contribution in [-0.2, 0) is 37.1 Å². The summed E-state index contributed by atoms with van der Waals surface area (Å²) in [6, 6.07) is 59.6. The molecule has 0 bridgehead atoms. The van der Waals surface area contributed by atoms with Gasteiger partial charge in [-0.1, -0.05) is 156 Å². The van der Waals surface area contributed by atoms with Gasteiger partial charge in [-0.25, -0.2) is 18.4 Å². The maximum Gasteiger partial charge on any atom is 0.261 e. The third-order valence-electron chi connectivity index (χ3n) is 23.7. The molecule has 0 unspecified atom stereocenters. The van der Waals surface area contributed by atoms with Crippen LogP contribution in [0.15, 0.2) is 234 Å². The van der Waals surface area contributed by atoms with Crippen molar-refractivity contribution in [3.63, 3.8) is 0 Å². The summed E-state index contributed by atoms with van der Waals surface area (Å²) in [6.45, 7) is 40.0. The number of hydrogen-bond donors (Lipinski definition) is 0. The number of amides is 1. The summed E-state index contributed by atoms with van der Waals surface area (Å²) >= 11 is 0. The van der Waals surface area contributed by atoms with Crippen LogP contribution in [-0.4, -0.2) is 186 Å². The first-order valence-corrected chi connectivity index (χ1v) is 47.0. The average molecular weight is 1740 g/mol. The fourth-order valence-electron chi connectivity index (χ4n) is 15.3. The van der Waals surface area contributed by atoms with E-state index in [4.69, 9.17) is 14.2 Å². The molecule has 6 aromatic carbocycles. The second-order valence-electron chi connectivity index (χ2n) is 35.3. The number of Topliss-reactive ketones (excluding diaryl/α,β-unsaturated/α-hetero) is 1. The molecule has 0 N–H and O–H groups in total. The van der Waals surface area contributed by atoms with E-state index in [1.807, 2.05) is 110 Å². The Bertz CT molecular complexity index is 5770. The van der Waals surface area contributed by atoms with Crippen LogP contribution in [0.1, 0.15) is 205 Å². The Morgan fingerprint density at radius 3 is 1.10 bits per heavy atom. The molecule has 0 spiro atoms. The Hall–Kier alpha value is -11.1. The molecule has 6 aromatic heterocycles. The first-order valence-electron chi connectivity index (χ1n) is 45.2. The summed E-state index contributed by atoms with van der Waals surface area (Å²) in [5.41, 5.74) is 19.9. The molecule has 4 fully saturated rings. The number of morpholine rings is 2. The van der Waals surface area contributed by atoms with Crippen LogP contribution in [0, 0.1) is 5.92 Å². The highest BCUT2D eigenvalue weighted by Gasteiger charge is 2.22. The van der Waals surface area contributed by atoms with Crippen molar-refractivity contribution >= 4 is 49.0 Å². The molecule has 21 nitrogen and oxygen atoms in total. The van der Waals surface area contributed by atoms with Crippen molar-refractivity contribution in [3.8, 4) is 45.0 Å². The minimum Gasteiger partial charge on any atom is -0.381 e. The molecule has 12 aromatic rings. The van der Waals surface area contributed by atoms with E-state index >= 15 is 0 Å². The highest BCUT2D eigenvalue weighted by molar-refractivity contribution is 7.90. The topological polar surface area (TPSA) is 230 Å². The first kappa shape index (κ1) is 96.5. The van der Waals surface area contributed by atoms with Crippen LogP contribution in [0.25, 0.3) is 66.8 Å². The number of carbonyl (C=O) groups is 2. The molecular formula is C105H130N12O9S. The molecule has 1 amide bonds. The van der Waals surface area contributed by atoms with Gasteiger partial charge < -0.3 is 28.9 Å². The molecule has 127 heavy (non-hydrogen) atoms. The molecule has 22 heteroatoms. The third-order valence-corrected chi connectivity index (χ3v) is 24.8. The molecule has 10 heterocycles. The third kappa shape index (κ3) is 28.2. The second kappa shape index (κ2) is 47.1. The zero-order chi connectivity index (χ0) is 90.7. The van der Waals surface area contributed by atoms with Crippen LogP contribution < -0.4 is 16.0 Å². The van der Waals surface area contributed by atoms with Gasteiger partial charge in [-0.2, -0.15) is 0 Å². The van der Waals surface area contributed by atoms with Crippen molar-refractivity contribution < 1.29 is 32.2 Å². The first-order chi connectivity index (χ1) is 61.0. The largest absolute Gasteiger partial charge is 0.381 e. The lowest BCUT2D eigenvalue weighted by molar-refractivity contribution is 0.0362. The lowest BCUT2D eigenvalue weighted by Crippen LogP contribution is -2.39. The number of rotatable bonds is 22. The molecule has 4 saturated heterocycles. The number of carbonyl (C=O) groups excluding carboxylic acids is 2. The lowest BCUT2D eigenvalue weighted by atomic mass is 9.91. The van der Waals surface area contributed by atoms with E-state index in [1.165, 1.54) is 63.7 Å². The molecule has 0 atom stereocenters. The highest BCUT2D eigenvalue weighted by atomic mass is 32.2. The minimum atomic E-state index is -3.14. The van der Waals surface area contributed by atoms with Crippen LogP contribution in [0.5, 0.6) is 0 Å². The van der Waals surface area contributed by atoms with E-state index in [-0.39, 0.29) is 22.8 Å². The fraction of sp³-hybridized carbons (Fsp3) is 0.410. The Balaban J connectivity index is 0.000000148. The van der Waals surface area contributed by atoms with E-state index in [1.54, 1.807) is 71.2 Å². The SMILES string of the molecule is CC(C)c1ccc2ncn(CCN3CCCC3)c(=O)c2c1.CC(C)c1ccc2ncn(CCN3CCOCC3)c(=O)c2c1.CC(C)c1ccnc(-c2ccc(C(=O)CC3CCOCC3)cc2)c1.CC(C)c1ccnc(-c2ccc(C(=O)N(C)C)cc2)c1.CC(C)c1ccnc(-c2ccc(N3CCOCC3)cc2)c1.CC(C)c1ccnc(-c2ccc(S(C)(=O)=O)cc2)c1. The zero-order valence-electron chi connectivity index (χ0n) is 77.1. The Morgan fingerprint density at radius 1 is 0.394 bits per heavy atom. The summed E-state index contributed by atoms with van der Waals surface area (Å²) in [5, 5.41) is 1.46. The predicted molar refractivity (Wildman–Crippen MR) is 515 cm³/mol. The maximum absolute atomic E-state index is 12.7. The van der Waals surface area contributed by atoms with E-state index < -0.39 is 9.84 Å². The lowest BCUT2D eigenvalue weighted by Gasteiger charge is -2.28. The number of anilines is 1. The van der Waals surface area contributed by atoms with Gasteiger partial charge in [-0.3, -0.25) is 53.1 Å². The van der Waals surface area contributed by atoms with Crippen LogP contribution in [0.3, 0.4) is 0 Å². The number of pyridine rings is 4. The number of sulfone groups is 1. The van der Waals surface area contributed by atoms with Crippen molar-refractivity contribution in [1.29, 1.82) is 0 Å². The quantitative estimate of drug-likeness (QED) is 0.0574. The Morgan fingerprint density at radius 2 is 0.732 bits per heavy atom. The van der Waals surface area contributed by atoms with Gasteiger partial charge in [0.2, 0.25) is 0 Å².